The average molecular weight is 414 g/mol. The van der Waals surface area contributed by atoms with Crippen molar-refractivity contribution >= 4 is 38.3 Å². The van der Waals surface area contributed by atoms with Gasteiger partial charge in [0.25, 0.3) is 5.56 Å². The number of H-pyrrole nitrogens is 1. The Morgan fingerprint density at radius 3 is 3.00 bits per heavy atom. The maximum atomic E-state index is 14.1. The van der Waals surface area contributed by atoms with Crippen molar-refractivity contribution in [2.24, 2.45) is 12.0 Å². The van der Waals surface area contributed by atoms with Gasteiger partial charge in [-0.1, -0.05) is 0 Å². The maximum Gasteiger partial charge on any atom is 0.291 e. The first kappa shape index (κ1) is 19.0. The molecule has 0 aliphatic carbocycles. The summed E-state index contributed by atoms with van der Waals surface area (Å²) in [6.07, 6.45) is 5.20. The van der Waals surface area contributed by atoms with Crippen LogP contribution in [0.5, 0.6) is 0 Å². The van der Waals surface area contributed by atoms with Gasteiger partial charge in [0.15, 0.2) is 11.5 Å². The third-order valence-corrected chi connectivity index (χ3v) is 5.65. The Hall–Kier alpha value is -3.34. The van der Waals surface area contributed by atoms with Gasteiger partial charge in [-0.3, -0.25) is 14.9 Å². The van der Waals surface area contributed by atoms with E-state index in [2.05, 4.69) is 30.6 Å². The van der Waals surface area contributed by atoms with Gasteiger partial charge in [0.1, 0.15) is 10.5 Å². The van der Waals surface area contributed by atoms with Gasteiger partial charge < -0.3 is 9.88 Å². The van der Waals surface area contributed by atoms with Crippen LogP contribution in [0, 0.1) is 0 Å². The highest BCUT2D eigenvalue weighted by Gasteiger charge is 2.19. The Bertz CT molecular complexity index is 1300. The van der Waals surface area contributed by atoms with Crippen molar-refractivity contribution in [2.45, 2.75) is 13.0 Å². The predicted octanol–water partition coefficient (Wildman–Crippen LogP) is 1.76. The number of nitrogens with zero attached hydrogens (tertiary/aromatic N) is 6. The molecule has 0 aliphatic rings. The molecular weight excluding hydrogens is 395 g/mol. The zero-order valence-corrected chi connectivity index (χ0v) is 16.9. The summed E-state index contributed by atoms with van der Waals surface area (Å²) in [4.78, 5) is 21.6. The molecule has 4 rings (SSSR count). The number of hydrogen-bond acceptors (Lipinski definition) is 7. The van der Waals surface area contributed by atoms with Crippen LogP contribution in [0.4, 0.5) is 4.39 Å². The van der Waals surface area contributed by atoms with E-state index >= 15 is 0 Å². The molecule has 2 N–H and O–H groups in total. The molecular formula is C18H19FN8OS. The molecule has 4 aromatic rings. The van der Waals surface area contributed by atoms with Gasteiger partial charge in [0.2, 0.25) is 0 Å². The number of thiazole rings is 1. The normalized spacial score (nSPS) is 13.0. The van der Waals surface area contributed by atoms with Crippen molar-refractivity contribution in [1.82, 2.24) is 34.8 Å². The van der Waals surface area contributed by atoms with E-state index < -0.39 is 5.83 Å². The minimum atomic E-state index is -0.540. The SMILES string of the molecule is C/N=C(Cn1ncc2c3sc(Cc4cc[nH]n4)nc3n(C)c2c1=O)\C(F)=C/NC. The van der Waals surface area contributed by atoms with Gasteiger partial charge >= 0.3 is 0 Å². The number of fused-ring (bicyclic) bond motifs is 3. The van der Waals surface area contributed by atoms with Crippen LogP contribution in [0.2, 0.25) is 0 Å². The lowest BCUT2D eigenvalue weighted by Crippen LogP contribution is -2.28. The number of aromatic amines is 1. The molecule has 0 amide bonds. The Morgan fingerprint density at radius 2 is 2.31 bits per heavy atom. The van der Waals surface area contributed by atoms with E-state index in [-0.39, 0.29) is 17.8 Å². The molecule has 0 atom stereocenters. The second-order valence-electron chi connectivity index (χ2n) is 6.38. The van der Waals surface area contributed by atoms with Crippen molar-refractivity contribution < 1.29 is 4.39 Å². The third kappa shape index (κ3) is 3.33. The van der Waals surface area contributed by atoms with Crippen molar-refractivity contribution in [3.63, 3.8) is 0 Å². The summed E-state index contributed by atoms with van der Waals surface area (Å²) in [5.41, 5.74) is 1.91. The molecule has 0 radical (unpaired) electrons. The van der Waals surface area contributed by atoms with Crippen molar-refractivity contribution in [2.75, 3.05) is 14.1 Å². The minimum Gasteiger partial charge on any atom is -0.392 e. The largest absolute Gasteiger partial charge is 0.392 e. The summed E-state index contributed by atoms with van der Waals surface area (Å²) in [5, 5.41) is 15.4. The second kappa shape index (κ2) is 7.59. The summed E-state index contributed by atoms with van der Waals surface area (Å²) in [7, 11) is 4.86. The Labute approximate surface area is 168 Å². The standard InChI is InChI=1S/C18H19FN8OS/c1-20-8-12(19)13(21-2)9-27-18(28)15-11(7-23-27)16-17(26(15)3)24-14(29-16)6-10-4-5-22-25-10/h4-5,7-8,20H,6,9H2,1-3H3,(H,22,25)/b12-8+,21-13-. The highest BCUT2D eigenvalue weighted by molar-refractivity contribution is 7.19. The van der Waals surface area contributed by atoms with E-state index in [0.29, 0.717) is 11.9 Å². The van der Waals surface area contributed by atoms with E-state index in [0.717, 1.165) is 26.4 Å². The van der Waals surface area contributed by atoms with Gasteiger partial charge in [0.05, 0.1) is 28.8 Å². The van der Waals surface area contributed by atoms with Crippen LogP contribution in [0.15, 0.2) is 40.3 Å². The van der Waals surface area contributed by atoms with Crippen LogP contribution < -0.4 is 10.9 Å². The molecule has 0 unspecified atom stereocenters. The molecule has 0 spiro atoms. The van der Waals surface area contributed by atoms with Crippen LogP contribution in [0.25, 0.3) is 21.3 Å². The number of halogens is 1. The smallest absolute Gasteiger partial charge is 0.291 e. The summed E-state index contributed by atoms with van der Waals surface area (Å²) in [6, 6.07) is 1.90. The molecule has 9 nitrogen and oxygen atoms in total. The molecule has 150 valence electrons. The summed E-state index contributed by atoms with van der Waals surface area (Å²) in [6.45, 7) is -0.0635. The highest BCUT2D eigenvalue weighted by atomic mass is 32.1. The van der Waals surface area contributed by atoms with Crippen molar-refractivity contribution in [3.8, 4) is 0 Å². The molecule has 0 bridgehead atoms. The Morgan fingerprint density at radius 1 is 1.48 bits per heavy atom. The molecule has 29 heavy (non-hydrogen) atoms. The fourth-order valence-electron chi connectivity index (χ4n) is 3.17. The number of aromatic nitrogens is 6. The molecule has 0 fully saturated rings. The van der Waals surface area contributed by atoms with Gasteiger partial charge in [0, 0.05) is 45.3 Å². The fraction of sp³-hybridized carbons (Fsp3) is 0.278. The molecule has 0 aromatic carbocycles. The number of nitrogens with one attached hydrogen (secondary N) is 2. The average Bonchev–Trinajstić information content (AvgIpc) is 3.41. The Kier molecular flexibility index (Phi) is 4.97. The topological polar surface area (TPSA) is 106 Å². The monoisotopic (exact) mass is 414 g/mol. The molecule has 0 saturated heterocycles. The van der Waals surface area contributed by atoms with Crippen LogP contribution in [0.1, 0.15) is 10.7 Å². The lowest BCUT2D eigenvalue weighted by molar-refractivity contribution is 0.633. The molecule has 4 aromatic heterocycles. The highest BCUT2D eigenvalue weighted by Crippen LogP contribution is 2.31. The summed E-state index contributed by atoms with van der Waals surface area (Å²) in [5.74, 6) is -0.540. The van der Waals surface area contributed by atoms with E-state index in [9.17, 15) is 9.18 Å². The predicted molar refractivity (Wildman–Crippen MR) is 111 cm³/mol. The van der Waals surface area contributed by atoms with Crippen LogP contribution >= 0.6 is 11.3 Å². The first-order chi connectivity index (χ1) is 14.0. The molecule has 11 heteroatoms. The molecule has 0 aliphatic heterocycles. The van der Waals surface area contributed by atoms with Crippen molar-refractivity contribution in [1.29, 1.82) is 0 Å². The van der Waals surface area contributed by atoms with E-state index in [4.69, 9.17) is 0 Å². The Balaban J connectivity index is 1.76. The second-order valence-corrected chi connectivity index (χ2v) is 7.47. The zero-order valence-electron chi connectivity index (χ0n) is 16.1. The van der Waals surface area contributed by atoms with E-state index in [1.165, 1.54) is 29.3 Å². The third-order valence-electron chi connectivity index (χ3n) is 4.58. The first-order valence-corrected chi connectivity index (χ1v) is 9.66. The first-order valence-electron chi connectivity index (χ1n) is 8.85. The van der Waals surface area contributed by atoms with E-state index in [1.807, 2.05) is 6.07 Å². The van der Waals surface area contributed by atoms with Crippen LogP contribution in [0.3, 0.4) is 0 Å². The number of allylic oxidation sites excluding steroid dienone is 1. The van der Waals surface area contributed by atoms with Crippen LogP contribution in [-0.2, 0) is 20.0 Å². The fourth-order valence-corrected chi connectivity index (χ4v) is 4.29. The number of aryl methyl sites for hydroxylation is 1. The number of rotatable bonds is 6. The molecule has 4 heterocycles. The van der Waals surface area contributed by atoms with Gasteiger partial charge in [-0.15, -0.1) is 11.3 Å². The molecule has 0 saturated carbocycles. The number of aliphatic imine (C=N–C) groups is 1. The van der Waals surface area contributed by atoms with Gasteiger partial charge in [-0.25, -0.2) is 14.1 Å². The van der Waals surface area contributed by atoms with Gasteiger partial charge in [-0.05, 0) is 6.07 Å². The van der Waals surface area contributed by atoms with Crippen LogP contribution in [-0.4, -0.2) is 49.3 Å². The summed E-state index contributed by atoms with van der Waals surface area (Å²) >= 11 is 1.52. The van der Waals surface area contributed by atoms with Crippen molar-refractivity contribution in [3.05, 3.63) is 51.5 Å². The van der Waals surface area contributed by atoms with Gasteiger partial charge in [-0.2, -0.15) is 10.2 Å². The maximum absolute atomic E-state index is 14.1. The lowest BCUT2D eigenvalue weighted by atomic mass is 10.3. The zero-order chi connectivity index (χ0) is 20.5. The quantitative estimate of drug-likeness (QED) is 0.468. The van der Waals surface area contributed by atoms with E-state index in [1.54, 1.807) is 31.1 Å². The number of hydrogen-bond donors (Lipinski definition) is 2. The lowest BCUT2D eigenvalue weighted by Gasteiger charge is -2.07. The summed E-state index contributed by atoms with van der Waals surface area (Å²) < 4.78 is 18.0. The minimum absolute atomic E-state index is 0.0635.